The fourth-order valence-electron chi connectivity index (χ4n) is 2.72. The summed E-state index contributed by atoms with van der Waals surface area (Å²) in [5.41, 5.74) is 1.68. The third-order valence-corrected chi connectivity index (χ3v) is 4.21. The first kappa shape index (κ1) is 20.1. The van der Waals surface area contributed by atoms with E-state index in [1.54, 1.807) is 61.7 Å². The van der Waals surface area contributed by atoms with Crippen LogP contribution in [0.25, 0.3) is 0 Å². The summed E-state index contributed by atoms with van der Waals surface area (Å²) < 4.78 is 23.7. The van der Waals surface area contributed by atoms with Gasteiger partial charge in [-0.05, 0) is 42.0 Å². The summed E-state index contributed by atoms with van der Waals surface area (Å²) in [4.78, 5) is 25.2. The van der Waals surface area contributed by atoms with Crippen molar-refractivity contribution in [3.05, 3.63) is 95.8 Å². The van der Waals surface area contributed by atoms with Gasteiger partial charge in [-0.2, -0.15) is 0 Å². The lowest BCUT2D eigenvalue weighted by Gasteiger charge is -2.18. The Bertz CT molecular complexity index is 956. The Morgan fingerprint density at radius 1 is 0.931 bits per heavy atom. The molecule has 148 valence electrons. The van der Waals surface area contributed by atoms with E-state index in [0.29, 0.717) is 17.0 Å². The quantitative estimate of drug-likeness (QED) is 0.608. The van der Waals surface area contributed by atoms with Crippen LogP contribution in [0.4, 0.5) is 10.1 Å². The fourth-order valence-corrected chi connectivity index (χ4v) is 2.72. The number of hydrogen-bond acceptors (Lipinski definition) is 4. The van der Waals surface area contributed by atoms with Crippen molar-refractivity contribution >= 4 is 17.6 Å². The van der Waals surface area contributed by atoms with E-state index < -0.39 is 23.8 Å². The zero-order valence-electron chi connectivity index (χ0n) is 15.8. The summed E-state index contributed by atoms with van der Waals surface area (Å²) >= 11 is 0. The maximum atomic E-state index is 13.1. The Balaban J connectivity index is 1.73. The van der Waals surface area contributed by atoms with Gasteiger partial charge in [-0.1, -0.05) is 42.5 Å². The molecule has 0 radical (unpaired) electrons. The number of methoxy groups -OCH3 is 1. The van der Waals surface area contributed by atoms with Crippen LogP contribution in [-0.2, 0) is 20.7 Å². The molecule has 1 unspecified atom stereocenters. The number of benzene rings is 3. The van der Waals surface area contributed by atoms with Crippen LogP contribution in [0.15, 0.2) is 78.9 Å². The average Bonchev–Trinajstić information content (AvgIpc) is 2.75. The van der Waals surface area contributed by atoms with Gasteiger partial charge in [0.15, 0.2) is 0 Å². The molecule has 3 aromatic carbocycles. The SMILES string of the molecule is COc1ccc(CC(=O)OC(C(=O)Nc2ccc(F)cc2)c2ccccc2)cc1. The predicted octanol–water partition coefficient (Wildman–Crippen LogP) is 4.30. The van der Waals surface area contributed by atoms with Gasteiger partial charge in [0.2, 0.25) is 6.10 Å². The van der Waals surface area contributed by atoms with Crippen molar-refractivity contribution in [2.45, 2.75) is 12.5 Å². The van der Waals surface area contributed by atoms with Gasteiger partial charge in [-0.15, -0.1) is 0 Å². The minimum atomic E-state index is -1.13. The number of carbonyl (C=O) groups excluding carboxylic acids is 2. The molecule has 0 saturated heterocycles. The van der Waals surface area contributed by atoms with E-state index in [1.807, 2.05) is 0 Å². The van der Waals surface area contributed by atoms with Crippen LogP contribution in [0, 0.1) is 5.82 Å². The first-order valence-corrected chi connectivity index (χ1v) is 8.99. The molecule has 0 aromatic heterocycles. The van der Waals surface area contributed by atoms with Crippen molar-refractivity contribution in [2.24, 2.45) is 0 Å². The molecule has 0 aliphatic carbocycles. The standard InChI is InChI=1S/C23H20FNO4/c1-28-20-13-7-16(8-14-20)15-21(26)29-22(17-5-3-2-4-6-17)23(27)25-19-11-9-18(24)10-12-19/h2-14,22H,15H2,1H3,(H,25,27). The van der Waals surface area contributed by atoms with Gasteiger partial charge < -0.3 is 14.8 Å². The van der Waals surface area contributed by atoms with Gasteiger partial charge in [0, 0.05) is 11.3 Å². The molecule has 0 spiro atoms. The smallest absolute Gasteiger partial charge is 0.311 e. The Kier molecular flexibility index (Phi) is 6.58. The Hall–Kier alpha value is -3.67. The highest BCUT2D eigenvalue weighted by Gasteiger charge is 2.25. The molecule has 5 nitrogen and oxygen atoms in total. The minimum Gasteiger partial charge on any atom is -0.497 e. The number of carbonyl (C=O) groups is 2. The molecule has 1 amide bonds. The van der Waals surface area contributed by atoms with Gasteiger partial charge in [0.25, 0.3) is 5.91 Å². The predicted molar refractivity (Wildman–Crippen MR) is 107 cm³/mol. The van der Waals surface area contributed by atoms with Crippen molar-refractivity contribution in [3.63, 3.8) is 0 Å². The summed E-state index contributed by atoms with van der Waals surface area (Å²) in [5, 5.41) is 2.65. The minimum absolute atomic E-state index is 0.0111. The lowest BCUT2D eigenvalue weighted by molar-refractivity contribution is -0.154. The zero-order valence-corrected chi connectivity index (χ0v) is 15.8. The van der Waals surface area contributed by atoms with Crippen molar-refractivity contribution < 1.29 is 23.5 Å². The van der Waals surface area contributed by atoms with Gasteiger partial charge in [0.05, 0.1) is 13.5 Å². The lowest BCUT2D eigenvalue weighted by Crippen LogP contribution is -2.26. The van der Waals surface area contributed by atoms with Crippen LogP contribution in [0.2, 0.25) is 0 Å². The number of rotatable bonds is 7. The highest BCUT2D eigenvalue weighted by Crippen LogP contribution is 2.21. The summed E-state index contributed by atoms with van der Waals surface area (Å²) in [6, 6.07) is 21.1. The number of ether oxygens (including phenoxy) is 2. The Morgan fingerprint density at radius 2 is 1.59 bits per heavy atom. The van der Waals surface area contributed by atoms with Crippen molar-refractivity contribution in [1.82, 2.24) is 0 Å². The molecule has 3 rings (SSSR count). The molecule has 6 heteroatoms. The second-order valence-corrected chi connectivity index (χ2v) is 6.30. The molecule has 0 heterocycles. The third-order valence-electron chi connectivity index (χ3n) is 4.21. The van der Waals surface area contributed by atoms with Crippen molar-refractivity contribution in [3.8, 4) is 5.75 Å². The topological polar surface area (TPSA) is 64.6 Å². The summed E-state index contributed by atoms with van der Waals surface area (Å²) in [7, 11) is 1.56. The maximum Gasteiger partial charge on any atom is 0.311 e. The Morgan fingerprint density at radius 3 is 2.21 bits per heavy atom. The van der Waals surface area contributed by atoms with Gasteiger partial charge in [-0.3, -0.25) is 9.59 Å². The molecule has 1 atom stereocenters. The van der Waals surface area contributed by atoms with E-state index in [0.717, 1.165) is 5.56 Å². The van der Waals surface area contributed by atoms with Crippen molar-refractivity contribution in [1.29, 1.82) is 0 Å². The second-order valence-electron chi connectivity index (χ2n) is 6.30. The van der Waals surface area contributed by atoms with E-state index in [2.05, 4.69) is 5.32 Å². The highest BCUT2D eigenvalue weighted by molar-refractivity contribution is 5.96. The van der Waals surface area contributed by atoms with Crippen LogP contribution >= 0.6 is 0 Å². The molecular formula is C23H20FNO4. The maximum absolute atomic E-state index is 13.1. The molecular weight excluding hydrogens is 373 g/mol. The van der Waals surface area contributed by atoms with Crippen LogP contribution < -0.4 is 10.1 Å². The first-order chi connectivity index (χ1) is 14.0. The normalized spacial score (nSPS) is 11.4. The van der Waals surface area contributed by atoms with Gasteiger partial charge in [-0.25, -0.2) is 4.39 Å². The molecule has 0 saturated carbocycles. The average molecular weight is 393 g/mol. The van der Waals surface area contributed by atoms with Crippen LogP contribution in [0.1, 0.15) is 17.2 Å². The van der Waals surface area contributed by atoms with Crippen LogP contribution in [0.5, 0.6) is 5.75 Å². The molecule has 0 aliphatic heterocycles. The first-order valence-electron chi connectivity index (χ1n) is 8.99. The van der Waals surface area contributed by atoms with E-state index in [4.69, 9.17) is 9.47 Å². The molecule has 1 N–H and O–H groups in total. The molecule has 0 bridgehead atoms. The Labute approximate surface area is 168 Å². The van der Waals surface area contributed by atoms with E-state index >= 15 is 0 Å². The fraction of sp³-hybridized carbons (Fsp3) is 0.130. The molecule has 3 aromatic rings. The van der Waals surface area contributed by atoms with E-state index in [9.17, 15) is 14.0 Å². The van der Waals surface area contributed by atoms with Crippen molar-refractivity contribution in [2.75, 3.05) is 12.4 Å². The third kappa shape index (κ3) is 5.65. The second kappa shape index (κ2) is 9.50. The van der Waals surface area contributed by atoms with Gasteiger partial charge in [0.1, 0.15) is 11.6 Å². The molecule has 29 heavy (non-hydrogen) atoms. The van der Waals surface area contributed by atoms with E-state index in [1.165, 1.54) is 24.3 Å². The lowest BCUT2D eigenvalue weighted by atomic mass is 10.1. The molecule has 0 fully saturated rings. The summed E-state index contributed by atoms with van der Waals surface area (Å²) in [5.74, 6) is -0.791. The number of amides is 1. The monoisotopic (exact) mass is 393 g/mol. The number of nitrogens with one attached hydrogen (secondary N) is 1. The molecule has 0 aliphatic rings. The number of halogens is 1. The summed E-state index contributed by atoms with van der Waals surface area (Å²) in [6.45, 7) is 0. The van der Waals surface area contributed by atoms with Crippen LogP contribution in [-0.4, -0.2) is 19.0 Å². The summed E-state index contributed by atoms with van der Waals surface area (Å²) in [6.07, 6.45) is -1.12. The number of anilines is 1. The largest absolute Gasteiger partial charge is 0.497 e. The highest BCUT2D eigenvalue weighted by atomic mass is 19.1. The van der Waals surface area contributed by atoms with E-state index in [-0.39, 0.29) is 6.42 Å². The number of hydrogen-bond donors (Lipinski definition) is 1. The zero-order chi connectivity index (χ0) is 20.6. The number of esters is 1. The van der Waals surface area contributed by atoms with Gasteiger partial charge >= 0.3 is 5.97 Å². The van der Waals surface area contributed by atoms with Crippen LogP contribution in [0.3, 0.4) is 0 Å².